The molecule has 0 aliphatic carbocycles. The lowest BCUT2D eigenvalue weighted by Crippen LogP contribution is -2.51. The number of carbonyl (C=O) groups excluding carboxylic acids is 1. The van der Waals surface area contributed by atoms with Gasteiger partial charge in [0.15, 0.2) is 0 Å². The second kappa shape index (κ2) is 5.02. The van der Waals surface area contributed by atoms with E-state index in [2.05, 4.69) is 5.32 Å². The van der Waals surface area contributed by atoms with Crippen LogP contribution in [0.25, 0.3) is 0 Å². The summed E-state index contributed by atoms with van der Waals surface area (Å²) in [4.78, 5) is 13.9. The summed E-state index contributed by atoms with van der Waals surface area (Å²) in [6.45, 7) is 4.13. The first-order valence-corrected chi connectivity index (χ1v) is 5.93. The highest BCUT2D eigenvalue weighted by molar-refractivity contribution is 6.31. The van der Waals surface area contributed by atoms with E-state index < -0.39 is 5.82 Å². The zero-order chi connectivity index (χ0) is 12.4. The molecule has 1 aliphatic rings. The molecule has 1 aromatic carbocycles. The zero-order valence-electron chi connectivity index (χ0n) is 9.54. The van der Waals surface area contributed by atoms with E-state index in [1.54, 1.807) is 4.90 Å². The first-order valence-electron chi connectivity index (χ1n) is 5.55. The number of hydrogen-bond donors (Lipinski definition) is 1. The SMILES string of the molecule is C[C@@H]1CN(C(=O)c2ccc(F)c(Cl)c2)CCN1. The number of halogens is 2. The molecule has 0 radical (unpaired) electrons. The molecule has 1 aromatic rings. The van der Waals surface area contributed by atoms with Crippen LogP contribution in [0.5, 0.6) is 0 Å². The van der Waals surface area contributed by atoms with Crippen LogP contribution >= 0.6 is 11.6 Å². The van der Waals surface area contributed by atoms with E-state index >= 15 is 0 Å². The second-order valence-electron chi connectivity index (χ2n) is 4.24. The molecule has 0 saturated carbocycles. The van der Waals surface area contributed by atoms with Gasteiger partial charge in [-0.2, -0.15) is 0 Å². The third-order valence-electron chi connectivity index (χ3n) is 2.82. The molecule has 92 valence electrons. The summed E-state index contributed by atoms with van der Waals surface area (Å²) in [7, 11) is 0. The molecule has 0 aromatic heterocycles. The molecule has 5 heteroatoms. The van der Waals surface area contributed by atoms with Gasteiger partial charge in [0.05, 0.1) is 5.02 Å². The van der Waals surface area contributed by atoms with Crippen LogP contribution in [0, 0.1) is 5.82 Å². The standard InChI is InChI=1S/C12H14ClFN2O/c1-8-7-16(5-4-15-8)12(17)9-2-3-11(14)10(13)6-9/h2-3,6,8,15H,4-5,7H2,1H3/t8-/m1/s1. The fraction of sp³-hybridized carbons (Fsp3) is 0.417. The van der Waals surface area contributed by atoms with Crippen LogP contribution in [0.3, 0.4) is 0 Å². The minimum atomic E-state index is -0.503. The zero-order valence-corrected chi connectivity index (χ0v) is 10.3. The molecule has 0 bridgehead atoms. The monoisotopic (exact) mass is 256 g/mol. The lowest BCUT2D eigenvalue weighted by molar-refractivity contribution is 0.0709. The maximum Gasteiger partial charge on any atom is 0.254 e. The lowest BCUT2D eigenvalue weighted by atomic mass is 10.1. The largest absolute Gasteiger partial charge is 0.336 e. The Bertz CT molecular complexity index is 439. The Kier molecular flexibility index (Phi) is 3.64. The Morgan fingerprint density at radius 3 is 3.00 bits per heavy atom. The van der Waals surface area contributed by atoms with Crippen molar-refractivity contribution < 1.29 is 9.18 Å². The Morgan fingerprint density at radius 2 is 2.35 bits per heavy atom. The van der Waals surface area contributed by atoms with Crippen molar-refractivity contribution in [1.29, 1.82) is 0 Å². The van der Waals surface area contributed by atoms with Gasteiger partial charge in [0.25, 0.3) is 5.91 Å². The summed E-state index contributed by atoms with van der Waals surface area (Å²) >= 11 is 5.67. The summed E-state index contributed by atoms with van der Waals surface area (Å²) in [6, 6.07) is 4.35. The predicted octanol–water partition coefficient (Wildman–Crippen LogP) is 1.91. The highest BCUT2D eigenvalue weighted by Gasteiger charge is 2.21. The van der Waals surface area contributed by atoms with Crippen molar-refractivity contribution in [3.8, 4) is 0 Å². The van der Waals surface area contributed by atoms with Crippen molar-refractivity contribution in [2.75, 3.05) is 19.6 Å². The molecule has 0 unspecified atom stereocenters. The lowest BCUT2D eigenvalue weighted by Gasteiger charge is -2.32. The van der Waals surface area contributed by atoms with Crippen LogP contribution in [0.1, 0.15) is 17.3 Å². The minimum absolute atomic E-state index is 0.0148. The van der Waals surface area contributed by atoms with Gasteiger partial charge in [-0.05, 0) is 25.1 Å². The van der Waals surface area contributed by atoms with Gasteiger partial charge in [-0.3, -0.25) is 4.79 Å². The summed E-state index contributed by atoms with van der Waals surface area (Å²) < 4.78 is 13.0. The Labute approximate surface area is 105 Å². The maximum atomic E-state index is 13.0. The number of nitrogens with zero attached hydrogens (tertiary/aromatic N) is 1. The van der Waals surface area contributed by atoms with E-state index in [-0.39, 0.29) is 17.0 Å². The van der Waals surface area contributed by atoms with E-state index in [4.69, 9.17) is 11.6 Å². The Balaban J connectivity index is 2.15. The van der Waals surface area contributed by atoms with Crippen LogP contribution in [0.4, 0.5) is 4.39 Å². The molecule has 1 N–H and O–H groups in total. The van der Waals surface area contributed by atoms with Crippen molar-refractivity contribution in [1.82, 2.24) is 10.2 Å². The quantitative estimate of drug-likeness (QED) is 0.833. The Hall–Kier alpha value is -1.13. The van der Waals surface area contributed by atoms with Crippen molar-refractivity contribution in [2.24, 2.45) is 0 Å². The van der Waals surface area contributed by atoms with Crippen LogP contribution in [-0.2, 0) is 0 Å². The highest BCUT2D eigenvalue weighted by Crippen LogP contribution is 2.17. The number of nitrogens with one attached hydrogen (secondary N) is 1. The fourth-order valence-corrected chi connectivity index (χ4v) is 2.11. The molecule has 1 fully saturated rings. The summed E-state index contributed by atoms with van der Waals surface area (Å²) in [5, 5.41) is 3.24. The van der Waals surface area contributed by atoms with Gasteiger partial charge < -0.3 is 10.2 Å². The van der Waals surface area contributed by atoms with Crippen molar-refractivity contribution in [3.05, 3.63) is 34.6 Å². The van der Waals surface area contributed by atoms with Crippen LogP contribution in [0.15, 0.2) is 18.2 Å². The van der Waals surface area contributed by atoms with E-state index in [1.807, 2.05) is 6.92 Å². The van der Waals surface area contributed by atoms with Crippen LogP contribution in [-0.4, -0.2) is 36.5 Å². The van der Waals surface area contributed by atoms with Gasteiger partial charge in [0.1, 0.15) is 5.82 Å². The fourth-order valence-electron chi connectivity index (χ4n) is 1.93. The van der Waals surface area contributed by atoms with Gasteiger partial charge in [-0.25, -0.2) is 4.39 Å². The molecular formula is C12H14ClFN2O. The third-order valence-corrected chi connectivity index (χ3v) is 3.11. The molecule has 1 saturated heterocycles. The highest BCUT2D eigenvalue weighted by atomic mass is 35.5. The predicted molar refractivity (Wildman–Crippen MR) is 64.8 cm³/mol. The van der Waals surface area contributed by atoms with Gasteiger partial charge in [0.2, 0.25) is 0 Å². The molecule has 0 spiro atoms. The molecular weight excluding hydrogens is 243 g/mol. The molecule has 1 heterocycles. The smallest absolute Gasteiger partial charge is 0.254 e. The van der Waals surface area contributed by atoms with Crippen molar-refractivity contribution >= 4 is 17.5 Å². The number of piperazine rings is 1. The first kappa shape index (κ1) is 12.3. The van der Waals surface area contributed by atoms with E-state index in [0.717, 1.165) is 6.54 Å². The normalized spacial score (nSPS) is 20.4. The first-order chi connectivity index (χ1) is 8.08. The topological polar surface area (TPSA) is 32.3 Å². The van der Waals surface area contributed by atoms with Gasteiger partial charge in [-0.1, -0.05) is 11.6 Å². The summed E-state index contributed by atoms with van der Waals surface area (Å²) in [5.41, 5.74) is 0.436. The molecule has 1 atom stereocenters. The summed E-state index contributed by atoms with van der Waals surface area (Å²) in [5.74, 6) is -0.600. The van der Waals surface area contributed by atoms with Crippen LogP contribution < -0.4 is 5.32 Å². The second-order valence-corrected chi connectivity index (χ2v) is 4.64. The number of rotatable bonds is 1. The maximum absolute atomic E-state index is 13.0. The number of amides is 1. The number of hydrogen-bond acceptors (Lipinski definition) is 2. The average Bonchev–Trinajstić information content (AvgIpc) is 2.32. The van der Waals surface area contributed by atoms with E-state index in [9.17, 15) is 9.18 Å². The van der Waals surface area contributed by atoms with Gasteiger partial charge in [0, 0.05) is 31.2 Å². The van der Waals surface area contributed by atoms with Gasteiger partial charge in [-0.15, -0.1) is 0 Å². The van der Waals surface area contributed by atoms with Crippen molar-refractivity contribution in [3.63, 3.8) is 0 Å². The number of benzene rings is 1. The van der Waals surface area contributed by atoms with Crippen molar-refractivity contribution in [2.45, 2.75) is 13.0 Å². The molecule has 17 heavy (non-hydrogen) atoms. The molecule has 1 aliphatic heterocycles. The molecule has 1 amide bonds. The molecule has 3 nitrogen and oxygen atoms in total. The van der Waals surface area contributed by atoms with Gasteiger partial charge >= 0.3 is 0 Å². The van der Waals surface area contributed by atoms with E-state index in [0.29, 0.717) is 18.7 Å². The van der Waals surface area contributed by atoms with E-state index in [1.165, 1.54) is 18.2 Å². The summed E-state index contributed by atoms with van der Waals surface area (Å²) in [6.07, 6.45) is 0. The molecule has 2 rings (SSSR count). The average molecular weight is 257 g/mol. The number of carbonyl (C=O) groups is 1. The minimum Gasteiger partial charge on any atom is -0.336 e. The van der Waals surface area contributed by atoms with Crippen LogP contribution in [0.2, 0.25) is 5.02 Å². The Morgan fingerprint density at radius 1 is 1.59 bits per heavy atom. The third kappa shape index (κ3) is 2.76.